The van der Waals surface area contributed by atoms with Crippen molar-refractivity contribution < 1.29 is 0 Å². The summed E-state index contributed by atoms with van der Waals surface area (Å²) in [5.41, 5.74) is 7.01. The highest BCUT2D eigenvalue weighted by atomic mass is 79.9. The lowest BCUT2D eigenvalue weighted by Gasteiger charge is -2.24. The zero-order valence-electron chi connectivity index (χ0n) is 10.9. The van der Waals surface area contributed by atoms with E-state index >= 15 is 0 Å². The molecule has 3 heterocycles. The van der Waals surface area contributed by atoms with Crippen LogP contribution in [0.3, 0.4) is 0 Å². The molecule has 2 aromatic heterocycles. The first kappa shape index (κ1) is 14.8. The maximum atomic E-state index is 12.2. The van der Waals surface area contributed by atoms with E-state index in [0.717, 1.165) is 25.2 Å². The van der Waals surface area contributed by atoms with Crippen molar-refractivity contribution in [3.63, 3.8) is 0 Å². The van der Waals surface area contributed by atoms with Crippen LogP contribution in [0.25, 0.3) is 11.4 Å². The molecule has 1 unspecified atom stereocenters. The van der Waals surface area contributed by atoms with E-state index in [1.165, 1.54) is 12.4 Å². The van der Waals surface area contributed by atoms with Crippen LogP contribution in [0.2, 0.25) is 0 Å². The van der Waals surface area contributed by atoms with Gasteiger partial charge < -0.3 is 5.73 Å². The zero-order valence-corrected chi connectivity index (χ0v) is 12.6. The molecule has 3 rings (SSSR count). The van der Waals surface area contributed by atoms with Crippen molar-refractivity contribution in [3.8, 4) is 11.4 Å². The van der Waals surface area contributed by atoms with Crippen LogP contribution in [0, 0.1) is 0 Å². The van der Waals surface area contributed by atoms with Crippen molar-refractivity contribution in [1.82, 2.24) is 19.5 Å². The Hall–Kier alpha value is -1.60. The Labute approximate surface area is 126 Å². The standard InChI is InChI=1S/C13H15N5O.BrH/c14-7-9-2-1-5-18-12(19)6-11(17-13(9)18)10-3-4-15-8-16-10;/h3-4,6,8-9H,1-2,5,7,14H2;1H. The summed E-state index contributed by atoms with van der Waals surface area (Å²) in [6.07, 6.45) is 5.05. The molecular formula is C13H16BrN5O. The zero-order chi connectivity index (χ0) is 13.2. The summed E-state index contributed by atoms with van der Waals surface area (Å²) in [6.45, 7) is 1.24. The van der Waals surface area contributed by atoms with Gasteiger partial charge in [0, 0.05) is 31.3 Å². The Morgan fingerprint density at radius 1 is 1.40 bits per heavy atom. The van der Waals surface area contributed by atoms with Gasteiger partial charge in [-0.3, -0.25) is 9.36 Å². The van der Waals surface area contributed by atoms with Gasteiger partial charge in [0.05, 0.1) is 11.4 Å². The molecule has 6 nitrogen and oxygen atoms in total. The smallest absolute Gasteiger partial charge is 0.254 e. The summed E-state index contributed by atoms with van der Waals surface area (Å²) in [4.78, 5) is 24.8. The van der Waals surface area contributed by atoms with Crippen molar-refractivity contribution in [2.45, 2.75) is 25.3 Å². The summed E-state index contributed by atoms with van der Waals surface area (Å²) < 4.78 is 1.73. The van der Waals surface area contributed by atoms with Crippen LogP contribution in [0.4, 0.5) is 0 Å². The third kappa shape index (κ3) is 2.64. The van der Waals surface area contributed by atoms with E-state index in [9.17, 15) is 4.79 Å². The predicted molar refractivity (Wildman–Crippen MR) is 80.9 cm³/mol. The number of nitrogens with two attached hydrogens (primary N) is 1. The summed E-state index contributed by atoms with van der Waals surface area (Å²) in [5.74, 6) is 0.943. The molecule has 2 aromatic rings. The first-order chi connectivity index (χ1) is 9.29. The van der Waals surface area contributed by atoms with E-state index in [4.69, 9.17) is 5.73 Å². The monoisotopic (exact) mass is 337 g/mol. The average Bonchev–Trinajstić information content (AvgIpc) is 2.47. The Morgan fingerprint density at radius 2 is 2.25 bits per heavy atom. The van der Waals surface area contributed by atoms with Crippen LogP contribution in [-0.4, -0.2) is 26.1 Å². The van der Waals surface area contributed by atoms with Crippen LogP contribution in [0.5, 0.6) is 0 Å². The molecular weight excluding hydrogens is 322 g/mol. The van der Waals surface area contributed by atoms with Gasteiger partial charge in [-0.25, -0.2) is 15.0 Å². The van der Waals surface area contributed by atoms with Crippen molar-refractivity contribution in [2.24, 2.45) is 5.73 Å². The number of aromatic nitrogens is 4. The fourth-order valence-corrected chi connectivity index (χ4v) is 2.48. The fraction of sp³-hybridized carbons (Fsp3) is 0.385. The largest absolute Gasteiger partial charge is 0.330 e. The predicted octanol–water partition coefficient (Wildman–Crippen LogP) is 1.11. The van der Waals surface area contributed by atoms with Crippen LogP contribution in [-0.2, 0) is 6.54 Å². The second kappa shape index (κ2) is 6.23. The van der Waals surface area contributed by atoms with Gasteiger partial charge in [-0.1, -0.05) is 0 Å². The Bertz CT molecular complexity index is 643. The normalized spacial score (nSPS) is 17.1. The molecule has 1 aliphatic heterocycles. The Balaban J connectivity index is 0.00000147. The average molecular weight is 338 g/mol. The molecule has 0 aliphatic carbocycles. The maximum absolute atomic E-state index is 12.2. The van der Waals surface area contributed by atoms with Crippen LogP contribution in [0.1, 0.15) is 24.6 Å². The maximum Gasteiger partial charge on any atom is 0.254 e. The van der Waals surface area contributed by atoms with Crippen molar-refractivity contribution in [2.75, 3.05) is 6.54 Å². The molecule has 0 aromatic carbocycles. The van der Waals surface area contributed by atoms with E-state index in [1.54, 1.807) is 16.8 Å². The first-order valence-electron chi connectivity index (χ1n) is 6.38. The molecule has 0 fully saturated rings. The van der Waals surface area contributed by atoms with E-state index < -0.39 is 0 Å². The van der Waals surface area contributed by atoms with Gasteiger partial charge in [0.25, 0.3) is 5.56 Å². The number of hydrogen-bond donors (Lipinski definition) is 1. The van der Waals surface area contributed by atoms with Gasteiger partial charge in [0.1, 0.15) is 12.2 Å². The second-order valence-electron chi connectivity index (χ2n) is 4.66. The molecule has 1 atom stereocenters. The lowest BCUT2D eigenvalue weighted by Crippen LogP contribution is -2.32. The van der Waals surface area contributed by atoms with Crippen molar-refractivity contribution in [1.29, 1.82) is 0 Å². The summed E-state index contributed by atoms with van der Waals surface area (Å²) in [7, 11) is 0. The second-order valence-corrected chi connectivity index (χ2v) is 4.66. The molecule has 0 amide bonds. The fourth-order valence-electron chi connectivity index (χ4n) is 2.48. The molecule has 106 valence electrons. The van der Waals surface area contributed by atoms with Gasteiger partial charge in [0.15, 0.2) is 0 Å². The molecule has 20 heavy (non-hydrogen) atoms. The Kier molecular flexibility index (Phi) is 4.61. The highest BCUT2D eigenvalue weighted by Crippen LogP contribution is 2.24. The molecule has 0 saturated carbocycles. The molecule has 2 N–H and O–H groups in total. The summed E-state index contributed by atoms with van der Waals surface area (Å²) >= 11 is 0. The van der Waals surface area contributed by atoms with Crippen molar-refractivity contribution >= 4 is 17.0 Å². The van der Waals surface area contributed by atoms with E-state index in [2.05, 4.69) is 15.0 Å². The highest BCUT2D eigenvalue weighted by molar-refractivity contribution is 8.93. The molecule has 0 bridgehead atoms. The van der Waals surface area contributed by atoms with E-state index in [-0.39, 0.29) is 28.5 Å². The van der Waals surface area contributed by atoms with Crippen LogP contribution in [0.15, 0.2) is 29.5 Å². The summed E-state index contributed by atoms with van der Waals surface area (Å²) in [6, 6.07) is 3.28. The third-order valence-electron chi connectivity index (χ3n) is 3.47. The number of hydrogen-bond acceptors (Lipinski definition) is 5. The minimum atomic E-state index is -0.0308. The van der Waals surface area contributed by atoms with Gasteiger partial charge in [-0.15, -0.1) is 17.0 Å². The number of rotatable bonds is 2. The van der Waals surface area contributed by atoms with Crippen molar-refractivity contribution in [3.05, 3.63) is 40.8 Å². The number of nitrogens with zero attached hydrogens (tertiary/aromatic N) is 4. The SMILES string of the molecule is Br.NCC1CCCn2c1nc(-c1ccncn1)cc2=O. The minimum Gasteiger partial charge on any atom is -0.330 e. The van der Waals surface area contributed by atoms with E-state index in [0.29, 0.717) is 17.9 Å². The molecule has 0 radical (unpaired) electrons. The third-order valence-corrected chi connectivity index (χ3v) is 3.47. The number of halogens is 1. The van der Waals surface area contributed by atoms with Crippen LogP contribution < -0.4 is 11.3 Å². The number of fused-ring (bicyclic) bond motifs is 1. The van der Waals surface area contributed by atoms with Gasteiger partial charge >= 0.3 is 0 Å². The lowest BCUT2D eigenvalue weighted by atomic mass is 9.98. The topological polar surface area (TPSA) is 86.7 Å². The minimum absolute atomic E-state index is 0. The summed E-state index contributed by atoms with van der Waals surface area (Å²) in [5, 5.41) is 0. The lowest BCUT2D eigenvalue weighted by molar-refractivity contribution is 0.429. The molecule has 7 heteroatoms. The first-order valence-corrected chi connectivity index (χ1v) is 6.38. The molecule has 0 spiro atoms. The highest BCUT2D eigenvalue weighted by Gasteiger charge is 2.22. The van der Waals surface area contributed by atoms with Crippen LogP contribution >= 0.6 is 17.0 Å². The quantitative estimate of drug-likeness (QED) is 0.887. The van der Waals surface area contributed by atoms with Gasteiger partial charge in [0.2, 0.25) is 0 Å². The Morgan fingerprint density at radius 3 is 2.95 bits per heavy atom. The van der Waals surface area contributed by atoms with E-state index in [1.807, 2.05) is 0 Å². The molecule has 0 saturated heterocycles. The molecule has 1 aliphatic rings. The van der Waals surface area contributed by atoms with Gasteiger partial charge in [-0.2, -0.15) is 0 Å². The van der Waals surface area contributed by atoms with Gasteiger partial charge in [-0.05, 0) is 18.9 Å².